The standard InChI is InChI=1S/C22H37NO10/c1-12(25)30-15-10-29-14-9-22(11-24,31-17(14)16(15)26)8-13(18(27)32-20(2,3)4)23-19(28)33-21(5,6)7/h13-17,24,26H,8-11H2,1-7H3,(H,23,28)/t13-,14+,15-,16+,17-,22+/m0/s1. The Kier molecular flexibility index (Phi) is 8.37. The van der Waals surface area contributed by atoms with Gasteiger partial charge in [0.1, 0.15) is 29.5 Å². The molecule has 2 rings (SSSR count). The first-order valence-electron chi connectivity index (χ1n) is 11.0. The van der Waals surface area contributed by atoms with Crippen LogP contribution < -0.4 is 5.32 Å². The van der Waals surface area contributed by atoms with Gasteiger partial charge in [0, 0.05) is 19.8 Å². The van der Waals surface area contributed by atoms with Crippen molar-refractivity contribution < 1.29 is 48.3 Å². The van der Waals surface area contributed by atoms with E-state index in [1.165, 1.54) is 6.92 Å². The first kappa shape index (κ1) is 27.3. The SMILES string of the molecule is CC(=O)O[C@H]1CO[C@@H]2C[C@@](CO)(C[C@H](NC(=O)OC(C)(C)C)C(=O)OC(C)(C)C)O[C@@H]2[C@@H]1O. The zero-order chi connectivity index (χ0) is 25.2. The van der Waals surface area contributed by atoms with Gasteiger partial charge < -0.3 is 39.2 Å². The normalized spacial score (nSPS) is 30.7. The maximum Gasteiger partial charge on any atom is 0.408 e. The van der Waals surface area contributed by atoms with E-state index in [2.05, 4.69) is 5.32 Å². The summed E-state index contributed by atoms with van der Waals surface area (Å²) in [6, 6.07) is -1.20. The lowest BCUT2D eigenvalue weighted by Gasteiger charge is -2.36. The fourth-order valence-corrected chi connectivity index (χ4v) is 3.87. The summed E-state index contributed by atoms with van der Waals surface area (Å²) in [5, 5.41) is 23.4. The number of nitrogens with one attached hydrogen (secondary N) is 1. The first-order valence-corrected chi connectivity index (χ1v) is 11.0. The van der Waals surface area contributed by atoms with Crippen molar-refractivity contribution in [1.29, 1.82) is 0 Å². The molecule has 0 aliphatic carbocycles. The van der Waals surface area contributed by atoms with Crippen LogP contribution in [0.1, 0.15) is 61.3 Å². The highest BCUT2D eigenvalue weighted by Gasteiger charge is 2.55. The number of alkyl carbamates (subject to hydrolysis) is 1. The Morgan fingerprint density at radius 1 is 1.12 bits per heavy atom. The largest absolute Gasteiger partial charge is 0.458 e. The van der Waals surface area contributed by atoms with E-state index in [1.807, 2.05) is 0 Å². The highest BCUT2D eigenvalue weighted by molar-refractivity contribution is 5.81. The quantitative estimate of drug-likeness (QED) is 0.372. The molecule has 0 radical (unpaired) electrons. The summed E-state index contributed by atoms with van der Waals surface area (Å²) in [7, 11) is 0. The number of esters is 2. The van der Waals surface area contributed by atoms with E-state index in [0.29, 0.717) is 0 Å². The van der Waals surface area contributed by atoms with E-state index in [1.54, 1.807) is 41.5 Å². The average Bonchev–Trinajstić information content (AvgIpc) is 3.00. The predicted molar refractivity (Wildman–Crippen MR) is 114 cm³/mol. The first-order chi connectivity index (χ1) is 15.0. The second-order valence-corrected chi connectivity index (χ2v) is 10.6. The van der Waals surface area contributed by atoms with Crippen LogP contribution in [-0.4, -0.2) is 88.7 Å². The van der Waals surface area contributed by atoms with Crippen LogP contribution in [0, 0.1) is 0 Å². The van der Waals surface area contributed by atoms with Crippen molar-refractivity contribution in [1.82, 2.24) is 5.32 Å². The number of carbonyl (C=O) groups excluding carboxylic acids is 3. The maximum atomic E-state index is 12.9. The zero-order valence-corrected chi connectivity index (χ0v) is 20.4. The Morgan fingerprint density at radius 3 is 2.24 bits per heavy atom. The van der Waals surface area contributed by atoms with Gasteiger partial charge in [0.25, 0.3) is 0 Å². The highest BCUT2D eigenvalue weighted by atomic mass is 16.6. The highest BCUT2D eigenvalue weighted by Crippen LogP contribution is 2.40. The third-order valence-electron chi connectivity index (χ3n) is 5.08. The monoisotopic (exact) mass is 475 g/mol. The lowest BCUT2D eigenvalue weighted by molar-refractivity contribution is -0.207. The van der Waals surface area contributed by atoms with Gasteiger partial charge in [0.2, 0.25) is 0 Å². The predicted octanol–water partition coefficient (Wildman–Crippen LogP) is 0.823. The van der Waals surface area contributed by atoms with Gasteiger partial charge >= 0.3 is 18.0 Å². The van der Waals surface area contributed by atoms with E-state index in [4.69, 9.17) is 23.7 Å². The van der Waals surface area contributed by atoms with Crippen LogP contribution in [0.5, 0.6) is 0 Å². The number of carbonyl (C=O) groups is 3. The molecule has 0 spiro atoms. The molecule has 11 nitrogen and oxygen atoms in total. The molecule has 190 valence electrons. The number of fused-ring (bicyclic) bond motifs is 1. The Morgan fingerprint density at radius 2 is 1.73 bits per heavy atom. The van der Waals surface area contributed by atoms with E-state index in [-0.39, 0.29) is 19.4 Å². The lowest BCUT2D eigenvalue weighted by atomic mass is 9.89. The number of aliphatic hydroxyl groups is 2. The molecule has 0 unspecified atom stereocenters. The molecule has 0 bridgehead atoms. The molecule has 0 aromatic carbocycles. The third kappa shape index (κ3) is 7.80. The smallest absolute Gasteiger partial charge is 0.408 e. The fraction of sp³-hybridized carbons (Fsp3) is 0.864. The lowest BCUT2D eigenvalue weighted by Crippen LogP contribution is -2.53. The molecule has 1 amide bonds. The second kappa shape index (κ2) is 10.1. The van der Waals surface area contributed by atoms with Crippen LogP contribution in [0.15, 0.2) is 0 Å². The summed E-state index contributed by atoms with van der Waals surface area (Å²) >= 11 is 0. The molecule has 11 heteroatoms. The van der Waals surface area contributed by atoms with E-state index in [9.17, 15) is 24.6 Å². The molecule has 2 aliphatic heterocycles. The van der Waals surface area contributed by atoms with Gasteiger partial charge in [-0.3, -0.25) is 4.79 Å². The van der Waals surface area contributed by atoms with Crippen LogP contribution in [0.2, 0.25) is 0 Å². The molecule has 2 heterocycles. The summed E-state index contributed by atoms with van der Waals surface area (Å²) in [6.07, 6.45) is -4.42. The number of rotatable bonds is 6. The van der Waals surface area contributed by atoms with Crippen molar-refractivity contribution in [2.45, 2.75) is 109 Å². The zero-order valence-electron chi connectivity index (χ0n) is 20.4. The van der Waals surface area contributed by atoms with Gasteiger partial charge in [-0.1, -0.05) is 0 Å². The molecule has 0 aromatic rings. The van der Waals surface area contributed by atoms with Gasteiger partial charge in [-0.05, 0) is 41.5 Å². The molecular formula is C22H37NO10. The Hall–Kier alpha value is -1.95. The van der Waals surface area contributed by atoms with Crippen molar-refractivity contribution >= 4 is 18.0 Å². The van der Waals surface area contributed by atoms with E-state index < -0.39 is 71.9 Å². The van der Waals surface area contributed by atoms with E-state index >= 15 is 0 Å². The summed E-state index contributed by atoms with van der Waals surface area (Å²) in [5.41, 5.74) is -2.93. The molecule has 6 atom stereocenters. The van der Waals surface area contributed by atoms with E-state index in [0.717, 1.165) is 0 Å². The maximum absolute atomic E-state index is 12.9. The summed E-state index contributed by atoms with van der Waals surface area (Å²) in [5.74, 6) is -1.29. The second-order valence-electron chi connectivity index (χ2n) is 10.6. The molecule has 2 aliphatic rings. The topological polar surface area (TPSA) is 150 Å². The minimum absolute atomic E-state index is 0.0293. The van der Waals surface area contributed by atoms with Gasteiger partial charge in [0.05, 0.1) is 24.9 Å². The number of ether oxygens (including phenoxy) is 5. The van der Waals surface area contributed by atoms with Gasteiger partial charge in [-0.15, -0.1) is 0 Å². The van der Waals surface area contributed by atoms with Gasteiger partial charge in [-0.2, -0.15) is 0 Å². The molecule has 0 aromatic heterocycles. The van der Waals surface area contributed by atoms with Crippen LogP contribution in [0.25, 0.3) is 0 Å². The Balaban J connectivity index is 2.21. The molecule has 0 saturated carbocycles. The summed E-state index contributed by atoms with van der Waals surface area (Å²) in [6.45, 7) is 10.8. The van der Waals surface area contributed by atoms with Crippen molar-refractivity contribution in [2.75, 3.05) is 13.2 Å². The number of hydrogen-bond acceptors (Lipinski definition) is 10. The van der Waals surface area contributed by atoms with Crippen molar-refractivity contribution in [3.05, 3.63) is 0 Å². The van der Waals surface area contributed by atoms with Crippen molar-refractivity contribution in [3.8, 4) is 0 Å². The minimum atomic E-state index is -1.32. The summed E-state index contributed by atoms with van der Waals surface area (Å²) in [4.78, 5) is 36.6. The fourth-order valence-electron chi connectivity index (χ4n) is 3.87. The Bertz CT molecular complexity index is 728. The van der Waals surface area contributed by atoms with Gasteiger partial charge in [-0.25, -0.2) is 9.59 Å². The number of aliphatic hydroxyl groups excluding tert-OH is 2. The van der Waals surface area contributed by atoms with Crippen LogP contribution >= 0.6 is 0 Å². The molecule has 2 saturated heterocycles. The molecule has 2 fully saturated rings. The third-order valence-corrected chi connectivity index (χ3v) is 5.08. The van der Waals surface area contributed by atoms with Gasteiger partial charge in [0.15, 0.2) is 6.10 Å². The van der Waals surface area contributed by atoms with Crippen molar-refractivity contribution in [2.24, 2.45) is 0 Å². The minimum Gasteiger partial charge on any atom is -0.458 e. The van der Waals surface area contributed by atoms with Crippen LogP contribution in [-0.2, 0) is 33.3 Å². The number of amides is 1. The summed E-state index contributed by atoms with van der Waals surface area (Å²) < 4.78 is 27.5. The van der Waals surface area contributed by atoms with Crippen LogP contribution in [0.4, 0.5) is 4.79 Å². The molecular weight excluding hydrogens is 438 g/mol. The number of hydrogen-bond donors (Lipinski definition) is 3. The molecule has 33 heavy (non-hydrogen) atoms. The van der Waals surface area contributed by atoms with Crippen LogP contribution in [0.3, 0.4) is 0 Å². The molecule has 3 N–H and O–H groups in total. The Labute approximate surface area is 194 Å². The average molecular weight is 476 g/mol. The van der Waals surface area contributed by atoms with Crippen molar-refractivity contribution in [3.63, 3.8) is 0 Å².